The fourth-order valence-corrected chi connectivity index (χ4v) is 6.11. The van der Waals surface area contributed by atoms with E-state index in [-0.39, 0.29) is 23.6 Å². The largest absolute Gasteiger partial charge is 0.352 e. The molecule has 3 heterocycles. The highest BCUT2D eigenvalue weighted by atomic mass is 31.2. The van der Waals surface area contributed by atoms with E-state index in [1.54, 1.807) is 29.2 Å². The fourth-order valence-electron chi connectivity index (χ4n) is 5.35. The lowest BCUT2D eigenvalue weighted by Crippen LogP contribution is -2.55. The molecule has 2 aromatic carbocycles. The maximum Gasteiger partial charge on any atom is 0.268 e. The van der Waals surface area contributed by atoms with Gasteiger partial charge >= 0.3 is 0 Å². The Morgan fingerprint density at radius 3 is 2.59 bits per heavy atom. The number of hydrogen-bond acceptors (Lipinski definition) is 5. The van der Waals surface area contributed by atoms with Gasteiger partial charge in [-0.25, -0.2) is 0 Å². The molecule has 0 aliphatic carbocycles. The van der Waals surface area contributed by atoms with Crippen molar-refractivity contribution in [3.63, 3.8) is 0 Å². The third-order valence-corrected chi connectivity index (χ3v) is 8.85. The molecule has 9 nitrogen and oxygen atoms in total. The molecular weight excluding hydrogens is 515 g/mol. The van der Waals surface area contributed by atoms with E-state index in [4.69, 9.17) is 0 Å². The highest BCUT2D eigenvalue weighted by Gasteiger charge is 2.44. The van der Waals surface area contributed by atoms with Crippen LogP contribution in [0.15, 0.2) is 42.5 Å². The van der Waals surface area contributed by atoms with Crippen LogP contribution >= 0.6 is 7.14 Å². The van der Waals surface area contributed by atoms with Gasteiger partial charge in [0.1, 0.15) is 24.9 Å². The van der Waals surface area contributed by atoms with Crippen LogP contribution in [-0.2, 0) is 27.0 Å². The van der Waals surface area contributed by atoms with E-state index in [1.165, 1.54) is 13.3 Å². The summed E-state index contributed by atoms with van der Waals surface area (Å²) < 4.78 is 12.2. The molecule has 0 radical (unpaired) electrons. The monoisotopic (exact) mass is 548 g/mol. The molecule has 10 heteroatoms. The summed E-state index contributed by atoms with van der Waals surface area (Å²) in [6.45, 7) is 6.78. The van der Waals surface area contributed by atoms with Crippen molar-refractivity contribution in [2.24, 2.45) is 0 Å². The molecule has 0 fully saturated rings. The number of carbonyl (C=O) groups is 4. The maximum absolute atomic E-state index is 13.9. The van der Waals surface area contributed by atoms with Crippen LogP contribution in [0.4, 0.5) is 5.69 Å². The quantitative estimate of drug-likeness (QED) is 0.387. The van der Waals surface area contributed by atoms with Crippen LogP contribution in [0.25, 0.3) is 10.9 Å². The average Bonchev–Trinajstić information content (AvgIpc) is 3.47. The van der Waals surface area contributed by atoms with Crippen LogP contribution in [0.1, 0.15) is 58.7 Å². The smallest absolute Gasteiger partial charge is 0.268 e. The number of nitrogens with one attached hydrogen (secondary N) is 3. The lowest BCUT2D eigenvalue weighted by molar-refractivity contribution is -0.127. The van der Waals surface area contributed by atoms with Crippen molar-refractivity contribution in [3.8, 4) is 0 Å². The van der Waals surface area contributed by atoms with Gasteiger partial charge in [0.2, 0.25) is 17.3 Å². The summed E-state index contributed by atoms with van der Waals surface area (Å²) in [7, 11) is -2.96. The molecule has 5 rings (SSSR count). The van der Waals surface area contributed by atoms with Crippen molar-refractivity contribution >= 4 is 47.0 Å². The van der Waals surface area contributed by atoms with E-state index in [1.807, 2.05) is 32.0 Å². The molecule has 0 saturated carbocycles. The number of carbonyl (C=O) groups excluding carboxylic acids is 4. The number of aromatic amines is 1. The van der Waals surface area contributed by atoms with E-state index >= 15 is 0 Å². The minimum Gasteiger partial charge on any atom is -0.352 e. The summed E-state index contributed by atoms with van der Waals surface area (Å²) in [5.41, 5.74) is 3.53. The molecule has 0 spiro atoms. The van der Waals surface area contributed by atoms with Gasteiger partial charge < -0.3 is 20.2 Å². The minimum absolute atomic E-state index is 0.0160. The second-order valence-electron chi connectivity index (χ2n) is 10.9. The van der Waals surface area contributed by atoms with Crippen molar-refractivity contribution in [1.82, 2.24) is 15.6 Å². The Bertz CT molecular complexity index is 1550. The van der Waals surface area contributed by atoms with Crippen LogP contribution in [-0.4, -0.2) is 59.7 Å². The number of aromatic nitrogens is 1. The van der Waals surface area contributed by atoms with Gasteiger partial charge in [0.15, 0.2) is 0 Å². The summed E-state index contributed by atoms with van der Waals surface area (Å²) in [4.78, 5) is 57.4. The number of amides is 3. The molecule has 2 aliphatic heterocycles. The van der Waals surface area contributed by atoms with Crippen molar-refractivity contribution in [2.45, 2.75) is 57.7 Å². The average molecular weight is 549 g/mol. The predicted octanol–water partition coefficient (Wildman–Crippen LogP) is 3.85. The number of fused-ring (bicyclic) bond motifs is 1. The Labute approximate surface area is 227 Å². The Balaban J connectivity index is 1.40. The molecule has 204 valence electrons. The fraction of sp³-hybridized carbons (Fsp3) is 0.379. The number of aryl methyl sites for hydroxylation is 1. The van der Waals surface area contributed by atoms with Crippen LogP contribution in [0, 0.1) is 0 Å². The SMILES string of the molecule is CC[C@H](C)NC(=O)[C@@H]1Cc2cccc3c2N1C(=O)[C@@H](NC(=O)c1cc2cc(C(=O)P(C)(C)=O)ccc2[nH]1)CC3. The number of H-pyrrole nitrogens is 1. The molecule has 3 atom stereocenters. The van der Waals surface area contributed by atoms with Crippen molar-refractivity contribution < 1.29 is 23.7 Å². The van der Waals surface area contributed by atoms with Crippen LogP contribution < -0.4 is 15.5 Å². The zero-order valence-corrected chi connectivity index (χ0v) is 23.4. The normalized spacial score (nSPS) is 19.4. The van der Waals surface area contributed by atoms with E-state index < -0.39 is 30.7 Å². The van der Waals surface area contributed by atoms with Crippen LogP contribution in [0.3, 0.4) is 0 Å². The topological polar surface area (TPSA) is 128 Å². The standard InChI is InChI=1S/C29H33N4O5P/c1-5-16(2)30-27(35)24-15-18-8-6-7-17-9-12-22(28(36)33(24)25(17)18)32-26(34)23-14-20-13-19(10-11-21(20)31-23)29(37)39(3,4)38/h6-8,10-11,13-14,16,22,24,31H,5,9,12,15H2,1-4H3,(H,30,35)(H,32,34)/t16-,22-,24-/m0/s1. The highest BCUT2D eigenvalue weighted by Crippen LogP contribution is 2.41. The number of nitrogens with zero attached hydrogens (tertiary/aromatic N) is 1. The number of rotatable bonds is 7. The van der Waals surface area contributed by atoms with Crippen molar-refractivity contribution in [2.75, 3.05) is 18.2 Å². The Morgan fingerprint density at radius 1 is 1.13 bits per heavy atom. The van der Waals surface area contributed by atoms with Gasteiger partial charge in [-0.15, -0.1) is 0 Å². The summed E-state index contributed by atoms with van der Waals surface area (Å²) in [6, 6.07) is 10.9. The van der Waals surface area contributed by atoms with Gasteiger partial charge in [-0.05, 0) is 74.9 Å². The zero-order chi connectivity index (χ0) is 28.1. The van der Waals surface area contributed by atoms with E-state index in [0.29, 0.717) is 35.7 Å². The first kappa shape index (κ1) is 26.9. The summed E-state index contributed by atoms with van der Waals surface area (Å²) in [5, 5.41) is 6.51. The summed E-state index contributed by atoms with van der Waals surface area (Å²) in [6.07, 6.45) is 2.20. The summed E-state index contributed by atoms with van der Waals surface area (Å²) >= 11 is 0. The third kappa shape index (κ3) is 5.03. The molecular formula is C29H33N4O5P. The molecule has 3 N–H and O–H groups in total. The molecule has 2 aliphatic rings. The number of hydrogen-bond donors (Lipinski definition) is 3. The molecule has 3 amide bonds. The minimum atomic E-state index is -2.96. The molecule has 1 aromatic heterocycles. The van der Waals surface area contributed by atoms with Gasteiger partial charge in [0.05, 0.1) is 5.69 Å². The second-order valence-corrected chi connectivity index (χ2v) is 14.0. The number of para-hydroxylation sites is 1. The van der Waals surface area contributed by atoms with Gasteiger partial charge in [-0.3, -0.25) is 24.1 Å². The van der Waals surface area contributed by atoms with Gasteiger partial charge in [-0.2, -0.15) is 0 Å². The Morgan fingerprint density at radius 2 is 1.87 bits per heavy atom. The van der Waals surface area contributed by atoms with Crippen molar-refractivity contribution in [3.05, 3.63) is 64.8 Å². The van der Waals surface area contributed by atoms with E-state index in [2.05, 4.69) is 15.6 Å². The first-order chi connectivity index (χ1) is 18.5. The molecule has 0 saturated heterocycles. The first-order valence-electron chi connectivity index (χ1n) is 13.3. The first-order valence-corrected chi connectivity index (χ1v) is 15.9. The van der Waals surface area contributed by atoms with Crippen LogP contribution in [0.2, 0.25) is 0 Å². The van der Waals surface area contributed by atoms with E-state index in [0.717, 1.165) is 23.2 Å². The predicted molar refractivity (Wildman–Crippen MR) is 151 cm³/mol. The lowest BCUT2D eigenvalue weighted by Gasteiger charge is -2.28. The van der Waals surface area contributed by atoms with Crippen LogP contribution in [0.5, 0.6) is 0 Å². The lowest BCUT2D eigenvalue weighted by atomic mass is 10.0. The molecule has 0 bridgehead atoms. The number of anilines is 1. The van der Waals surface area contributed by atoms with Gasteiger partial charge in [-0.1, -0.05) is 25.1 Å². The summed E-state index contributed by atoms with van der Waals surface area (Å²) in [5.74, 6) is -0.960. The Hall–Kier alpha value is -3.71. The van der Waals surface area contributed by atoms with E-state index in [9.17, 15) is 23.7 Å². The molecule has 3 aromatic rings. The number of benzene rings is 2. The molecule has 39 heavy (non-hydrogen) atoms. The van der Waals surface area contributed by atoms with Gasteiger partial charge in [0, 0.05) is 28.9 Å². The third-order valence-electron chi connectivity index (χ3n) is 7.62. The zero-order valence-electron chi connectivity index (χ0n) is 22.5. The Kier molecular flexibility index (Phi) is 6.97. The second kappa shape index (κ2) is 10.1. The van der Waals surface area contributed by atoms with Crippen molar-refractivity contribution in [1.29, 1.82) is 0 Å². The molecule has 0 unspecified atom stereocenters. The highest BCUT2D eigenvalue weighted by molar-refractivity contribution is 7.79. The van der Waals surface area contributed by atoms with Gasteiger partial charge in [0.25, 0.3) is 5.91 Å². The maximum atomic E-state index is 13.9.